The van der Waals surface area contributed by atoms with Gasteiger partial charge in [-0.1, -0.05) is 31.9 Å². The molecule has 0 atom stereocenters. The van der Waals surface area contributed by atoms with Crippen molar-refractivity contribution in [3.8, 4) is 0 Å². The number of hydrogen-bond donors (Lipinski definition) is 0. The lowest BCUT2D eigenvalue weighted by atomic mass is 10.1. The number of carbonyl (C=O) groups excluding carboxylic acids is 4. The first kappa shape index (κ1) is 19.6. The maximum absolute atomic E-state index is 12.7. The van der Waals surface area contributed by atoms with Gasteiger partial charge in [-0.05, 0) is 18.6 Å². The highest BCUT2D eigenvalue weighted by atomic mass is 16.5. The molecule has 7 heteroatoms. The van der Waals surface area contributed by atoms with Gasteiger partial charge in [0.05, 0.1) is 24.7 Å². The van der Waals surface area contributed by atoms with E-state index in [0.29, 0.717) is 17.7 Å². The van der Waals surface area contributed by atoms with Crippen LogP contribution in [0, 0.1) is 0 Å². The molecule has 7 nitrogen and oxygen atoms in total. The van der Waals surface area contributed by atoms with Gasteiger partial charge in [0.2, 0.25) is 5.91 Å². The quantitative estimate of drug-likeness (QED) is 0.381. The molecule has 1 aliphatic rings. The van der Waals surface area contributed by atoms with Crippen LogP contribution in [0.4, 0.5) is 0 Å². The molecule has 2 rings (SSSR count). The standard InChI is InChI=1S/C19H24N2O5/c1-3-4-7-11-20(12-10-17(23)26-2)16(22)13-21-18(24)14-8-5-6-9-15(14)19(21)25/h5-6,8-9H,3-4,7,10-13H2,1-2H3. The number of carbonyl (C=O) groups is 4. The van der Waals surface area contributed by atoms with E-state index in [4.69, 9.17) is 0 Å². The minimum absolute atomic E-state index is 0.0798. The fourth-order valence-corrected chi connectivity index (χ4v) is 2.86. The zero-order chi connectivity index (χ0) is 19.1. The third kappa shape index (κ3) is 4.47. The summed E-state index contributed by atoms with van der Waals surface area (Å²) >= 11 is 0. The van der Waals surface area contributed by atoms with Gasteiger partial charge in [-0.15, -0.1) is 0 Å². The van der Waals surface area contributed by atoms with Gasteiger partial charge in [-0.2, -0.15) is 0 Å². The van der Waals surface area contributed by atoms with Gasteiger partial charge in [0.1, 0.15) is 6.54 Å². The number of fused-ring (bicyclic) bond motifs is 1. The molecule has 0 spiro atoms. The van der Waals surface area contributed by atoms with E-state index in [-0.39, 0.29) is 25.4 Å². The van der Waals surface area contributed by atoms with Crippen LogP contribution in [-0.4, -0.2) is 60.2 Å². The Hall–Kier alpha value is -2.70. The first-order valence-corrected chi connectivity index (χ1v) is 8.79. The van der Waals surface area contributed by atoms with Crippen molar-refractivity contribution in [3.05, 3.63) is 35.4 Å². The molecule has 0 bridgehead atoms. The lowest BCUT2D eigenvalue weighted by Gasteiger charge is -2.24. The summed E-state index contributed by atoms with van der Waals surface area (Å²) in [4.78, 5) is 51.3. The van der Waals surface area contributed by atoms with Crippen molar-refractivity contribution < 1.29 is 23.9 Å². The van der Waals surface area contributed by atoms with Crippen LogP contribution in [0.3, 0.4) is 0 Å². The second kappa shape index (κ2) is 9.12. The Kier molecular flexibility index (Phi) is 6.89. The summed E-state index contributed by atoms with van der Waals surface area (Å²) in [5.41, 5.74) is 0.634. The molecule has 1 heterocycles. The number of unbranched alkanes of at least 4 members (excludes halogenated alkanes) is 2. The van der Waals surface area contributed by atoms with E-state index in [9.17, 15) is 19.2 Å². The van der Waals surface area contributed by atoms with Crippen molar-refractivity contribution in [3.63, 3.8) is 0 Å². The molecule has 1 aromatic rings. The number of imide groups is 1. The number of hydrogen-bond acceptors (Lipinski definition) is 5. The van der Waals surface area contributed by atoms with E-state index in [1.54, 1.807) is 24.3 Å². The smallest absolute Gasteiger partial charge is 0.307 e. The van der Waals surface area contributed by atoms with Crippen molar-refractivity contribution in [1.82, 2.24) is 9.80 Å². The first-order chi connectivity index (χ1) is 12.5. The Labute approximate surface area is 152 Å². The van der Waals surface area contributed by atoms with Crippen LogP contribution in [-0.2, 0) is 14.3 Å². The van der Waals surface area contributed by atoms with Gasteiger partial charge in [0.15, 0.2) is 0 Å². The topological polar surface area (TPSA) is 84.0 Å². The third-order valence-corrected chi connectivity index (χ3v) is 4.37. The summed E-state index contributed by atoms with van der Waals surface area (Å²) in [5, 5.41) is 0. The van der Waals surface area contributed by atoms with Crippen LogP contribution >= 0.6 is 0 Å². The van der Waals surface area contributed by atoms with Crippen molar-refractivity contribution in [1.29, 1.82) is 0 Å². The van der Waals surface area contributed by atoms with Gasteiger partial charge >= 0.3 is 5.97 Å². The Morgan fingerprint density at radius 1 is 1.04 bits per heavy atom. The molecule has 1 aromatic carbocycles. The Balaban J connectivity index is 2.04. The highest BCUT2D eigenvalue weighted by Crippen LogP contribution is 2.22. The van der Waals surface area contributed by atoms with Crippen LogP contribution in [0.5, 0.6) is 0 Å². The van der Waals surface area contributed by atoms with Crippen molar-refractivity contribution >= 4 is 23.7 Å². The van der Waals surface area contributed by atoms with Crippen molar-refractivity contribution in [2.45, 2.75) is 32.6 Å². The van der Waals surface area contributed by atoms with E-state index in [0.717, 1.165) is 24.2 Å². The highest BCUT2D eigenvalue weighted by molar-refractivity contribution is 6.22. The molecule has 0 aliphatic carbocycles. The summed E-state index contributed by atoms with van der Waals surface area (Å²) < 4.78 is 4.62. The van der Waals surface area contributed by atoms with Gasteiger partial charge < -0.3 is 9.64 Å². The van der Waals surface area contributed by atoms with Crippen LogP contribution < -0.4 is 0 Å². The zero-order valence-corrected chi connectivity index (χ0v) is 15.2. The van der Waals surface area contributed by atoms with Crippen LogP contribution in [0.2, 0.25) is 0 Å². The monoisotopic (exact) mass is 360 g/mol. The highest BCUT2D eigenvalue weighted by Gasteiger charge is 2.37. The van der Waals surface area contributed by atoms with Gasteiger partial charge in [0, 0.05) is 13.1 Å². The van der Waals surface area contributed by atoms with E-state index in [1.807, 2.05) is 0 Å². The summed E-state index contributed by atoms with van der Waals surface area (Å²) in [5.74, 6) is -1.67. The largest absolute Gasteiger partial charge is 0.469 e. The predicted octanol–water partition coefficient (Wildman–Crippen LogP) is 1.86. The fourth-order valence-electron chi connectivity index (χ4n) is 2.86. The number of methoxy groups -OCH3 is 1. The van der Waals surface area contributed by atoms with Gasteiger partial charge in [-0.3, -0.25) is 24.1 Å². The molecule has 0 unspecified atom stereocenters. The average molecular weight is 360 g/mol. The molecule has 0 saturated heterocycles. The molecular formula is C19H24N2O5. The molecule has 0 N–H and O–H groups in total. The van der Waals surface area contributed by atoms with Crippen molar-refractivity contribution in [2.75, 3.05) is 26.7 Å². The van der Waals surface area contributed by atoms with E-state index in [2.05, 4.69) is 11.7 Å². The number of amides is 3. The normalized spacial score (nSPS) is 12.9. The molecule has 1 aliphatic heterocycles. The minimum atomic E-state index is -0.458. The number of benzene rings is 1. The molecule has 26 heavy (non-hydrogen) atoms. The van der Waals surface area contributed by atoms with Crippen LogP contribution in [0.25, 0.3) is 0 Å². The lowest BCUT2D eigenvalue weighted by Crippen LogP contribution is -2.43. The van der Waals surface area contributed by atoms with E-state index < -0.39 is 17.8 Å². The molecule has 0 fully saturated rings. The maximum Gasteiger partial charge on any atom is 0.307 e. The second-order valence-electron chi connectivity index (χ2n) is 6.16. The predicted molar refractivity (Wildman–Crippen MR) is 94.5 cm³/mol. The van der Waals surface area contributed by atoms with Gasteiger partial charge in [0.25, 0.3) is 11.8 Å². The molecule has 140 valence electrons. The lowest BCUT2D eigenvalue weighted by molar-refractivity contribution is -0.141. The number of nitrogens with zero attached hydrogens (tertiary/aromatic N) is 2. The van der Waals surface area contributed by atoms with E-state index in [1.165, 1.54) is 12.0 Å². The average Bonchev–Trinajstić information content (AvgIpc) is 2.89. The Morgan fingerprint density at radius 3 is 2.19 bits per heavy atom. The molecule has 0 saturated carbocycles. The zero-order valence-electron chi connectivity index (χ0n) is 15.2. The maximum atomic E-state index is 12.7. The number of ether oxygens (including phenoxy) is 1. The van der Waals surface area contributed by atoms with Gasteiger partial charge in [-0.25, -0.2) is 0 Å². The third-order valence-electron chi connectivity index (χ3n) is 4.37. The Bertz CT molecular complexity index is 666. The first-order valence-electron chi connectivity index (χ1n) is 8.79. The SMILES string of the molecule is CCCCCN(CCC(=O)OC)C(=O)CN1C(=O)c2ccccc2C1=O. The molecule has 0 radical (unpaired) electrons. The number of esters is 1. The minimum Gasteiger partial charge on any atom is -0.469 e. The molecular weight excluding hydrogens is 336 g/mol. The second-order valence-corrected chi connectivity index (χ2v) is 6.16. The molecule has 3 amide bonds. The summed E-state index contributed by atoms with van der Waals surface area (Å²) in [6, 6.07) is 6.53. The summed E-state index contributed by atoms with van der Waals surface area (Å²) in [7, 11) is 1.30. The Morgan fingerprint density at radius 2 is 1.65 bits per heavy atom. The fraction of sp³-hybridized carbons (Fsp3) is 0.474. The van der Waals surface area contributed by atoms with Crippen LogP contribution in [0.15, 0.2) is 24.3 Å². The number of rotatable bonds is 9. The van der Waals surface area contributed by atoms with E-state index >= 15 is 0 Å². The van der Waals surface area contributed by atoms with Crippen molar-refractivity contribution in [2.24, 2.45) is 0 Å². The summed E-state index contributed by atoms with van der Waals surface area (Å²) in [6.07, 6.45) is 2.83. The molecule has 0 aromatic heterocycles. The summed E-state index contributed by atoms with van der Waals surface area (Å²) in [6.45, 7) is 2.42. The van der Waals surface area contributed by atoms with Crippen LogP contribution in [0.1, 0.15) is 53.3 Å².